The molecule has 3 aromatic rings. The van der Waals surface area contributed by atoms with Gasteiger partial charge in [0, 0.05) is 30.1 Å². The van der Waals surface area contributed by atoms with Gasteiger partial charge in [-0.1, -0.05) is 36.4 Å². The summed E-state index contributed by atoms with van der Waals surface area (Å²) in [6.07, 6.45) is 0.936. The van der Waals surface area contributed by atoms with Crippen molar-refractivity contribution in [2.75, 3.05) is 25.5 Å². The van der Waals surface area contributed by atoms with Gasteiger partial charge in [-0.05, 0) is 24.6 Å². The molecule has 2 amide bonds. The van der Waals surface area contributed by atoms with Crippen molar-refractivity contribution in [2.45, 2.75) is 19.8 Å². The molecule has 0 fully saturated rings. The van der Waals surface area contributed by atoms with Crippen LogP contribution >= 0.6 is 11.3 Å². The lowest BCUT2D eigenvalue weighted by molar-refractivity contribution is -0.133. The monoisotopic (exact) mass is 423 g/mol. The van der Waals surface area contributed by atoms with Crippen LogP contribution < -0.4 is 10.1 Å². The first-order chi connectivity index (χ1) is 14.6. The molecule has 0 unspecified atom stereocenters. The van der Waals surface area contributed by atoms with E-state index in [9.17, 15) is 9.59 Å². The van der Waals surface area contributed by atoms with Crippen molar-refractivity contribution in [3.8, 4) is 5.75 Å². The number of rotatable bonds is 9. The van der Waals surface area contributed by atoms with E-state index in [0.717, 1.165) is 17.1 Å². The molecule has 0 spiro atoms. The Labute approximate surface area is 180 Å². The number of anilines is 1. The molecule has 0 saturated heterocycles. The first-order valence-electron chi connectivity index (χ1n) is 9.76. The van der Waals surface area contributed by atoms with Crippen molar-refractivity contribution in [3.05, 3.63) is 76.2 Å². The van der Waals surface area contributed by atoms with E-state index in [4.69, 9.17) is 4.74 Å². The van der Waals surface area contributed by atoms with Crippen LogP contribution in [0.4, 0.5) is 5.69 Å². The highest BCUT2D eigenvalue weighted by Gasteiger charge is 2.17. The molecule has 1 heterocycles. The summed E-state index contributed by atoms with van der Waals surface area (Å²) in [5, 5.41) is 5.70. The normalized spacial score (nSPS) is 10.5. The first-order valence-corrected chi connectivity index (χ1v) is 10.6. The molecule has 0 aliphatic rings. The van der Waals surface area contributed by atoms with Crippen molar-refractivity contribution in [1.29, 1.82) is 0 Å². The fraction of sp³-hybridized carbons (Fsp3) is 0.261. The quantitative estimate of drug-likeness (QED) is 0.569. The molecule has 0 aliphatic heterocycles. The average molecular weight is 424 g/mol. The molecule has 7 heteroatoms. The second-order valence-electron chi connectivity index (χ2n) is 6.76. The minimum Gasteiger partial charge on any atom is -0.497 e. The molecule has 3 rings (SSSR count). The number of thiazole rings is 1. The summed E-state index contributed by atoms with van der Waals surface area (Å²) >= 11 is 1.55. The topological polar surface area (TPSA) is 71.5 Å². The number of likely N-dealkylation sites (N-methyl/N-ethyl adjacent to an activating group) is 1. The van der Waals surface area contributed by atoms with Crippen LogP contribution in [-0.4, -0.2) is 41.9 Å². The van der Waals surface area contributed by atoms with Gasteiger partial charge in [0.1, 0.15) is 5.75 Å². The van der Waals surface area contributed by atoms with Gasteiger partial charge in [0.15, 0.2) is 0 Å². The van der Waals surface area contributed by atoms with Gasteiger partial charge in [0.2, 0.25) is 11.8 Å². The van der Waals surface area contributed by atoms with Crippen molar-refractivity contribution in [2.24, 2.45) is 0 Å². The van der Waals surface area contributed by atoms with E-state index in [-0.39, 0.29) is 24.8 Å². The Balaban J connectivity index is 1.54. The smallest absolute Gasteiger partial charge is 0.243 e. The summed E-state index contributed by atoms with van der Waals surface area (Å²) in [4.78, 5) is 31.2. The van der Waals surface area contributed by atoms with Crippen molar-refractivity contribution < 1.29 is 14.3 Å². The van der Waals surface area contributed by atoms with Gasteiger partial charge in [-0.15, -0.1) is 11.3 Å². The van der Waals surface area contributed by atoms with Gasteiger partial charge in [0.25, 0.3) is 0 Å². The lowest BCUT2D eigenvalue weighted by Gasteiger charge is -2.20. The molecule has 0 radical (unpaired) electrons. The van der Waals surface area contributed by atoms with Gasteiger partial charge >= 0.3 is 0 Å². The largest absolute Gasteiger partial charge is 0.497 e. The Morgan fingerprint density at radius 1 is 1.13 bits per heavy atom. The summed E-state index contributed by atoms with van der Waals surface area (Å²) in [5.41, 5.74) is 2.56. The number of aromatic nitrogens is 1. The minimum absolute atomic E-state index is 0.00640. The number of ether oxygens (including phenoxy) is 1. The van der Waals surface area contributed by atoms with E-state index in [1.54, 1.807) is 42.7 Å². The third-order valence-electron chi connectivity index (χ3n) is 4.55. The molecule has 1 aromatic heterocycles. The zero-order valence-electron chi connectivity index (χ0n) is 17.1. The minimum atomic E-state index is -0.249. The Kier molecular flexibility index (Phi) is 7.57. The summed E-state index contributed by atoms with van der Waals surface area (Å²) in [6.45, 7) is 2.30. The number of methoxy groups -OCH3 is 1. The number of hydrogen-bond acceptors (Lipinski definition) is 5. The third kappa shape index (κ3) is 6.15. The summed E-state index contributed by atoms with van der Waals surface area (Å²) in [5.74, 6) is 0.294. The fourth-order valence-electron chi connectivity index (χ4n) is 3.00. The molecule has 156 valence electrons. The maximum Gasteiger partial charge on any atom is 0.243 e. The molecule has 2 aromatic carbocycles. The van der Waals surface area contributed by atoms with Crippen LogP contribution in [0.5, 0.6) is 5.75 Å². The van der Waals surface area contributed by atoms with Crippen LogP contribution in [-0.2, 0) is 22.4 Å². The highest BCUT2D eigenvalue weighted by atomic mass is 32.1. The number of benzene rings is 2. The summed E-state index contributed by atoms with van der Waals surface area (Å²) in [6, 6.07) is 17.2. The summed E-state index contributed by atoms with van der Waals surface area (Å²) < 4.78 is 5.16. The number of carbonyl (C=O) groups is 2. The van der Waals surface area contributed by atoms with Crippen LogP contribution in [0.1, 0.15) is 23.2 Å². The van der Waals surface area contributed by atoms with Crippen molar-refractivity contribution in [1.82, 2.24) is 9.88 Å². The summed E-state index contributed by atoms with van der Waals surface area (Å²) in [7, 11) is 1.57. The van der Waals surface area contributed by atoms with Crippen molar-refractivity contribution >= 4 is 28.8 Å². The number of nitrogens with one attached hydrogen (secondary N) is 1. The van der Waals surface area contributed by atoms with E-state index in [2.05, 4.69) is 22.4 Å². The van der Waals surface area contributed by atoms with Gasteiger partial charge < -0.3 is 15.0 Å². The average Bonchev–Trinajstić information content (AvgIpc) is 3.19. The molecule has 0 aliphatic carbocycles. The van der Waals surface area contributed by atoms with Crippen LogP contribution in [0.25, 0.3) is 0 Å². The number of nitrogens with zero attached hydrogens (tertiary/aromatic N) is 2. The lowest BCUT2D eigenvalue weighted by atomic mass is 10.2. The predicted molar refractivity (Wildman–Crippen MR) is 119 cm³/mol. The maximum atomic E-state index is 12.7. The molecular formula is C23H25N3O3S. The van der Waals surface area contributed by atoms with Crippen LogP contribution in [0, 0.1) is 0 Å². The Bertz CT molecular complexity index is 988. The van der Waals surface area contributed by atoms with E-state index in [1.165, 1.54) is 10.5 Å². The van der Waals surface area contributed by atoms with E-state index < -0.39 is 0 Å². The van der Waals surface area contributed by atoms with Crippen LogP contribution in [0.2, 0.25) is 0 Å². The fourth-order valence-corrected chi connectivity index (χ4v) is 3.83. The molecule has 0 saturated carbocycles. The number of carbonyl (C=O) groups excluding carboxylic acids is 2. The standard InChI is InChI=1S/C23H25N3O3S/c1-3-26(15-21(27)24-18-10-7-11-20(13-18)29-2)23(28)14-19-16-30-22(25-19)12-17-8-5-4-6-9-17/h4-11,13,16H,3,12,14-15H2,1-2H3,(H,24,27). The van der Waals surface area contributed by atoms with E-state index in [1.807, 2.05) is 30.5 Å². The first kappa shape index (κ1) is 21.5. The molecule has 30 heavy (non-hydrogen) atoms. The van der Waals surface area contributed by atoms with E-state index >= 15 is 0 Å². The predicted octanol–water partition coefficient (Wildman–Crippen LogP) is 3.77. The molecular weight excluding hydrogens is 398 g/mol. The highest BCUT2D eigenvalue weighted by Crippen LogP contribution is 2.17. The SMILES string of the molecule is CCN(CC(=O)Nc1cccc(OC)c1)C(=O)Cc1csc(Cc2ccccc2)n1. The Hall–Kier alpha value is -3.19. The Morgan fingerprint density at radius 3 is 2.67 bits per heavy atom. The zero-order valence-corrected chi connectivity index (χ0v) is 17.9. The zero-order chi connectivity index (χ0) is 21.3. The second-order valence-corrected chi connectivity index (χ2v) is 7.70. The second kappa shape index (κ2) is 10.5. The van der Waals surface area contributed by atoms with Crippen LogP contribution in [0.3, 0.4) is 0 Å². The molecule has 1 N–H and O–H groups in total. The Morgan fingerprint density at radius 2 is 1.93 bits per heavy atom. The van der Waals surface area contributed by atoms with Gasteiger partial charge in [-0.3, -0.25) is 9.59 Å². The number of amides is 2. The van der Waals surface area contributed by atoms with Gasteiger partial charge in [0.05, 0.1) is 30.8 Å². The molecule has 0 atom stereocenters. The van der Waals surface area contributed by atoms with E-state index in [0.29, 0.717) is 18.0 Å². The van der Waals surface area contributed by atoms with Crippen molar-refractivity contribution in [3.63, 3.8) is 0 Å². The molecule has 6 nitrogen and oxygen atoms in total. The molecule has 0 bridgehead atoms. The maximum absolute atomic E-state index is 12.7. The van der Waals surface area contributed by atoms with Gasteiger partial charge in [-0.25, -0.2) is 4.98 Å². The highest BCUT2D eigenvalue weighted by molar-refractivity contribution is 7.09. The number of hydrogen-bond donors (Lipinski definition) is 1. The van der Waals surface area contributed by atoms with Crippen LogP contribution in [0.15, 0.2) is 60.0 Å². The third-order valence-corrected chi connectivity index (χ3v) is 5.45. The lowest BCUT2D eigenvalue weighted by Crippen LogP contribution is -2.38. The van der Waals surface area contributed by atoms with Gasteiger partial charge in [-0.2, -0.15) is 0 Å².